The van der Waals surface area contributed by atoms with Crippen molar-refractivity contribution in [3.63, 3.8) is 0 Å². The maximum absolute atomic E-state index is 13.7. The van der Waals surface area contributed by atoms with Gasteiger partial charge < -0.3 is 9.88 Å². The first-order valence-electron chi connectivity index (χ1n) is 11.9. The first-order valence-corrected chi connectivity index (χ1v) is 13.8. The summed E-state index contributed by atoms with van der Waals surface area (Å²) in [7, 11) is 0. The highest BCUT2D eigenvalue weighted by molar-refractivity contribution is 14.1. The molecular weight excluding hydrogens is 565 g/mol. The largest absolute Gasteiger partial charge is 0.322 e. The van der Waals surface area contributed by atoms with Crippen molar-refractivity contribution in [1.82, 2.24) is 4.57 Å². The lowest BCUT2D eigenvalue weighted by atomic mass is 9.95. The third-order valence-electron chi connectivity index (χ3n) is 6.52. The molecule has 35 heavy (non-hydrogen) atoms. The minimum absolute atomic E-state index is 0.0233. The Morgan fingerprint density at radius 1 is 1.06 bits per heavy atom. The van der Waals surface area contributed by atoms with E-state index in [9.17, 15) is 4.79 Å². The Morgan fingerprint density at radius 3 is 2.60 bits per heavy atom. The number of aryl methyl sites for hydroxylation is 3. The van der Waals surface area contributed by atoms with Crippen molar-refractivity contribution in [1.29, 1.82) is 0 Å². The zero-order chi connectivity index (χ0) is 24.5. The Morgan fingerprint density at radius 2 is 1.83 bits per heavy atom. The summed E-state index contributed by atoms with van der Waals surface area (Å²) in [5.41, 5.74) is 8.26. The van der Waals surface area contributed by atoms with E-state index in [0.29, 0.717) is 0 Å². The van der Waals surface area contributed by atoms with Gasteiger partial charge in [0.15, 0.2) is 0 Å². The normalized spacial score (nSPS) is 13.3. The number of thiophene rings is 1. The summed E-state index contributed by atoms with van der Waals surface area (Å²) in [6.45, 7) is 6.27. The van der Waals surface area contributed by atoms with E-state index in [2.05, 4.69) is 71.4 Å². The molecule has 0 saturated carbocycles. The number of aliphatic imine (C=N–C) groups is 1. The highest BCUT2D eigenvalue weighted by Crippen LogP contribution is 2.39. The molecule has 0 bridgehead atoms. The van der Waals surface area contributed by atoms with Crippen LogP contribution >= 0.6 is 33.9 Å². The minimum atomic E-state index is -0.0233. The van der Waals surface area contributed by atoms with Crippen LogP contribution in [-0.4, -0.2) is 16.7 Å². The number of fused-ring (bicyclic) bond motifs is 1. The molecule has 178 valence electrons. The molecule has 1 aliphatic carbocycles. The van der Waals surface area contributed by atoms with Crippen molar-refractivity contribution in [2.75, 3.05) is 5.32 Å². The predicted molar refractivity (Wildman–Crippen MR) is 155 cm³/mol. The summed E-state index contributed by atoms with van der Waals surface area (Å²) >= 11 is 4.08. The minimum Gasteiger partial charge on any atom is -0.322 e. The Hall–Kier alpha value is -2.71. The SMILES string of the molecule is Cc1ccc(NC(=O)c2c(-n3c(C)cc(C=Nc4cccc(I)c4)c3C)sc3c2CCCC3)cc1. The molecule has 2 aromatic heterocycles. The zero-order valence-corrected chi connectivity index (χ0v) is 23.2. The molecular formula is C29H28IN3OS. The average molecular weight is 594 g/mol. The fourth-order valence-corrected chi connectivity index (χ4v) is 6.73. The fraction of sp³-hybridized carbons (Fsp3) is 0.241. The van der Waals surface area contributed by atoms with Gasteiger partial charge in [0.05, 0.1) is 11.3 Å². The van der Waals surface area contributed by atoms with Crippen LogP contribution in [0.5, 0.6) is 0 Å². The summed E-state index contributed by atoms with van der Waals surface area (Å²) < 4.78 is 3.40. The van der Waals surface area contributed by atoms with Gasteiger partial charge in [-0.1, -0.05) is 23.8 Å². The highest BCUT2D eigenvalue weighted by Gasteiger charge is 2.28. The molecule has 1 aliphatic rings. The Bertz CT molecular complexity index is 1430. The topological polar surface area (TPSA) is 46.4 Å². The number of hydrogen-bond donors (Lipinski definition) is 1. The number of rotatable bonds is 5. The van der Waals surface area contributed by atoms with Crippen molar-refractivity contribution < 1.29 is 4.79 Å². The number of carbonyl (C=O) groups excluding carboxylic acids is 1. The van der Waals surface area contributed by atoms with E-state index in [1.54, 1.807) is 11.3 Å². The fourth-order valence-electron chi connectivity index (χ4n) is 4.70. The van der Waals surface area contributed by atoms with Gasteiger partial charge in [-0.05, 0) is 111 Å². The van der Waals surface area contributed by atoms with E-state index in [0.717, 1.165) is 61.7 Å². The molecule has 4 aromatic rings. The molecule has 0 radical (unpaired) electrons. The third kappa shape index (κ3) is 5.00. The van der Waals surface area contributed by atoms with Crippen LogP contribution < -0.4 is 5.32 Å². The quantitative estimate of drug-likeness (QED) is 0.185. The van der Waals surface area contributed by atoms with E-state index in [1.165, 1.54) is 22.4 Å². The van der Waals surface area contributed by atoms with E-state index in [-0.39, 0.29) is 5.91 Å². The number of benzene rings is 2. The molecule has 5 rings (SSSR count). The molecule has 0 atom stereocenters. The molecule has 6 heteroatoms. The van der Waals surface area contributed by atoms with E-state index < -0.39 is 0 Å². The van der Waals surface area contributed by atoms with E-state index >= 15 is 0 Å². The summed E-state index contributed by atoms with van der Waals surface area (Å²) in [6.07, 6.45) is 6.26. The first-order chi connectivity index (χ1) is 16.9. The molecule has 4 nitrogen and oxygen atoms in total. The maximum atomic E-state index is 13.7. The summed E-state index contributed by atoms with van der Waals surface area (Å²) in [5.74, 6) is -0.0233. The Balaban J connectivity index is 1.55. The molecule has 0 aliphatic heterocycles. The number of nitrogens with zero attached hydrogens (tertiary/aromatic N) is 2. The van der Waals surface area contributed by atoms with Crippen molar-refractivity contribution in [3.8, 4) is 5.00 Å². The van der Waals surface area contributed by atoms with Crippen molar-refractivity contribution in [2.24, 2.45) is 4.99 Å². The molecule has 0 saturated heterocycles. The number of aromatic nitrogens is 1. The predicted octanol–water partition coefficient (Wildman–Crippen LogP) is 7.95. The number of anilines is 1. The monoisotopic (exact) mass is 593 g/mol. The van der Waals surface area contributed by atoms with E-state index in [1.807, 2.05) is 42.6 Å². The summed E-state index contributed by atoms with van der Waals surface area (Å²) in [6, 6.07) is 18.3. The summed E-state index contributed by atoms with van der Waals surface area (Å²) in [5, 5.41) is 4.18. The van der Waals surface area contributed by atoms with Crippen LogP contribution in [0.1, 0.15) is 56.2 Å². The number of carbonyl (C=O) groups is 1. The van der Waals surface area contributed by atoms with Gasteiger partial charge in [-0.25, -0.2) is 0 Å². The van der Waals surface area contributed by atoms with Crippen LogP contribution in [0.4, 0.5) is 11.4 Å². The maximum Gasteiger partial charge on any atom is 0.258 e. The van der Waals surface area contributed by atoms with Gasteiger partial charge in [0.25, 0.3) is 5.91 Å². The van der Waals surface area contributed by atoms with Crippen LogP contribution in [-0.2, 0) is 12.8 Å². The van der Waals surface area contributed by atoms with Crippen LogP contribution in [0.2, 0.25) is 0 Å². The van der Waals surface area contributed by atoms with Crippen LogP contribution in [0, 0.1) is 24.3 Å². The lowest BCUT2D eigenvalue weighted by Gasteiger charge is -2.14. The standard InChI is InChI=1S/C29H28IN3OS/c1-18-11-13-23(14-12-18)32-28(34)27-25-9-4-5-10-26(25)35-29(27)33-19(2)15-21(20(33)3)17-31-24-8-6-7-22(30)16-24/h6-8,11-17H,4-5,9-10H2,1-3H3,(H,32,34). The van der Waals surface area contributed by atoms with Gasteiger partial charge in [0.1, 0.15) is 5.00 Å². The second-order valence-corrected chi connectivity index (χ2v) is 11.4. The zero-order valence-electron chi connectivity index (χ0n) is 20.2. The second-order valence-electron chi connectivity index (χ2n) is 9.11. The summed E-state index contributed by atoms with van der Waals surface area (Å²) in [4.78, 5) is 19.7. The lowest BCUT2D eigenvalue weighted by molar-refractivity contribution is 0.102. The van der Waals surface area contributed by atoms with Gasteiger partial charge >= 0.3 is 0 Å². The molecule has 1 amide bonds. The van der Waals surface area contributed by atoms with Gasteiger partial charge in [-0.15, -0.1) is 11.3 Å². The Labute approximate surface area is 224 Å². The number of hydrogen-bond acceptors (Lipinski definition) is 3. The Kier molecular flexibility index (Phi) is 6.93. The molecule has 0 fully saturated rings. The lowest BCUT2D eigenvalue weighted by Crippen LogP contribution is -2.17. The number of halogens is 1. The molecule has 0 unspecified atom stereocenters. The molecule has 2 aromatic carbocycles. The van der Waals surface area contributed by atoms with Crippen molar-refractivity contribution in [3.05, 3.63) is 96.7 Å². The molecule has 1 N–H and O–H groups in total. The molecule has 0 spiro atoms. The van der Waals surface area contributed by atoms with Crippen LogP contribution in [0.15, 0.2) is 59.6 Å². The smallest absolute Gasteiger partial charge is 0.258 e. The van der Waals surface area contributed by atoms with Gasteiger partial charge in [0.2, 0.25) is 0 Å². The second kappa shape index (κ2) is 10.1. The molecule has 2 heterocycles. The van der Waals surface area contributed by atoms with Crippen LogP contribution in [0.3, 0.4) is 0 Å². The first kappa shape index (κ1) is 24.0. The van der Waals surface area contributed by atoms with Crippen molar-refractivity contribution in [2.45, 2.75) is 46.5 Å². The van der Waals surface area contributed by atoms with Crippen LogP contribution in [0.25, 0.3) is 5.00 Å². The average Bonchev–Trinajstić information content (AvgIpc) is 3.35. The highest BCUT2D eigenvalue weighted by atomic mass is 127. The van der Waals surface area contributed by atoms with Gasteiger partial charge in [-0.3, -0.25) is 9.79 Å². The third-order valence-corrected chi connectivity index (χ3v) is 8.47. The van der Waals surface area contributed by atoms with Gasteiger partial charge in [0, 0.05) is 37.3 Å². The number of nitrogens with one attached hydrogen (secondary N) is 1. The van der Waals surface area contributed by atoms with Gasteiger partial charge in [-0.2, -0.15) is 0 Å². The number of amides is 1. The van der Waals surface area contributed by atoms with E-state index in [4.69, 9.17) is 4.99 Å². The van der Waals surface area contributed by atoms with Crippen molar-refractivity contribution >= 4 is 57.4 Å².